The van der Waals surface area contributed by atoms with Gasteiger partial charge in [-0.1, -0.05) is 60.6 Å². The zero-order valence-corrected chi connectivity index (χ0v) is 32.5. The highest BCUT2D eigenvalue weighted by atomic mass is 16.5. The lowest BCUT2D eigenvalue weighted by atomic mass is 9.32. The van der Waals surface area contributed by atoms with Crippen LogP contribution in [0.2, 0.25) is 0 Å². The molecule has 6 nitrogen and oxygen atoms in total. The predicted octanol–water partition coefficient (Wildman–Crippen LogP) is 9.42. The van der Waals surface area contributed by atoms with Gasteiger partial charge in [0.1, 0.15) is 6.10 Å². The van der Waals surface area contributed by atoms with Crippen LogP contribution in [0.1, 0.15) is 139 Å². The van der Waals surface area contributed by atoms with E-state index in [1.165, 1.54) is 63.4 Å². The third-order valence-electron chi connectivity index (χ3n) is 16.4. The van der Waals surface area contributed by atoms with Gasteiger partial charge >= 0.3 is 11.9 Å². The summed E-state index contributed by atoms with van der Waals surface area (Å²) in [5, 5.41) is 9.33. The second-order valence-electron chi connectivity index (χ2n) is 19.8. The minimum Gasteiger partial charge on any atom is -0.481 e. The highest BCUT2D eigenvalue weighted by Gasteiger charge is 2.71. The Kier molecular flexibility index (Phi) is 10.5. The smallest absolute Gasteiger partial charge is 0.306 e. The molecule has 0 bridgehead atoms. The third kappa shape index (κ3) is 6.34. The van der Waals surface area contributed by atoms with Gasteiger partial charge in [0, 0.05) is 19.1 Å². The Morgan fingerprint density at radius 3 is 2.23 bits per heavy atom. The maximum atomic E-state index is 13.2. The number of rotatable bonds is 12. The quantitative estimate of drug-likeness (QED) is 0.165. The van der Waals surface area contributed by atoms with Crippen LogP contribution in [0.25, 0.3) is 0 Å². The molecule has 0 radical (unpaired) electrons. The second kappa shape index (κ2) is 13.3. The molecule has 274 valence electrons. The van der Waals surface area contributed by atoms with Crippen molar-refractivity contribution in [3.8, 4) is 0 Å². The molecule has 5 saturated carbocycles. The lowest BCUT2D eigenvalue weighted by Gasteiger charge is -2.73. The number of ether oxygens (including phenoxy) is 2. The number of nitrogens with zero attached hydrogens (tertiary/aromatic N) is 1. The molecular weight excluding hydrogens is 598 g/mol. The molecule has 0 spiro atoms. The average Bonchev–Trinajstić information content (AvgIpc) is 3.36. The van der Waals surface area contributed by atoms with Gasteiger partial charge in [-0.3, -0.25) is 9.59 Å². The van der Waals surface area contributed by atoms with Crippen molar-refractivity contribution < 1.29 is 24.2 Å². The number of methoxy groups -OCH3 is 1. The molecule has 0 saturated heterocycles. The summed E-state index contributed by atoms with van der Waals surface area (Å²) < 4.78 is 11.7. The lowest BCUT2D eigenvalue weighted by Crippen LogP contribution is -2.66. The fourth-order valence-corrected chi connectivity index (χ4v) is 13.7. The van der Waals surface area contributed by atoms with Crippen molar-refractivity contribution in [3.05, 3.63) is 12.2 Å². The Balaban J connectivity index is 1.37. The van der Waals surface area contributed by atoms with Crippen LogP contribution in [0.15, 0.2) is 12.2 Å². The molecule has 0 aromatic heterocycles. The van der Waals surface area contributed by atoms with Crippen LogP contribution in [0.4, 0.5) is 0 Å². The van der Waals surface area contributed by atoms with E-state index in [9.17, 15) is 14.7 Å². The van der Waals surface area contributed by atoms with Crippen LogP contribution >= 0.6 is 0 Å². The number of aliphatic carboxylic acids is 1. The molecular formula is C42H71NO5. The van der Waals surface area contributed by atoms with Crippen LogP contribution < -0.4 is 0 Å². The van der Waals surface area contributed by atoms with Crippen molar-refractivity contribution >= 4 is 11.9 Å². The van der Waals surface area contributed by atoms with E-state index < -0.39 is 11.4 Å². The number of hydrogen-bond acceptors (Lipinski definition) is 5. The highest BCUT2D eigenvalue weighted by molar-refractivity contribution is 5.73. The standard InChI is InChI=1S/C42H71NO5/c1-28(2)29-14-19-42(22-23-43(10)24-25-47-11)21-20-40(8)30(36(29)42)12-13-32-39(7)17-16-33(38(5,6)31(39)15-18-41(32,40)9)48-35(46)27-37(3,4)26-34(44)45/h29-33,36H,1,12-27H2,2-11H3,(H,44,45)/t29-,30+,31?,32?,33-,36+,39-,40+,41+,42+/m0/s1. The minimum absolute atomic E-state index is 0.0303. The van der Waals surface area contributed by atoms with Crippen LogP contribution in [0.3, 0.4) is 0 Å². The van der Waals surface area contributed by atoms with Gasteiger partial charge in [-0.2, -0.15) is 0 Å². The summed E-state index contributed by atoms with van der Waals surface area (Å²) in [4.78, 5) is 27.1. The van der Waals surface area contributed by atoms with Crippen molar-refractivity contribution in [2.75, 3.05) is 33.9 Å². The zero-order chi connectivity index (χ0) is 35.5. The maximum absolute atomic E-state index is 13.2. The normalized spacial score (nSPS) is 41.9. The van der Waals surface area contributed by atoms with Gasteiger partial charge in [0.15, 0.2) is 0 Å². The molecule has 0 heterocycles. The van der Waals surface area contributed by atoms with E-state index >= 15 is 0 Å². The summed E-state index contributed by atoms with van der Waals surface area (Å²) in [5.74, 6) is 2.21. The fourth-order valence-electron chi connectivity index (χ4n) is 13.7. The first-order valence-electron chi connectivity index (χ1n) is 19.5. The molecule has 0 aromatic rings. The van der Waals surface area contributed by atoms with E-state index in [4.69, 9.17) is 9.47 Å². The Labute approximate surface area is 293 Å². The van der Waals surface area contributed by atoms with E-state index in [-0.39, 0.29) is 35.7 Å². The SMILES string of the molecule is C=C(C)[C@@H]1CC[C@]2(CCN(C)CCOC)CC[C@]3(C)[C@H](CCC4[C@@]5(C)CC[C@H](OC(=O)CC(C)(C)CC(=O)O)C(C)(C)C5CC[C@]43C)[C@@H]12. The Morgan fingerprint density at radius 1 is 0.875 bits per heavy atom. The number of carbonyl (C=O) groups is 2. The van der Waals surface area contributed by atoms with Crippen LogP contribution in [0, 0.1) is 62.1 Å². The van der Waals surface area contributed by atoms with Crippen molar-refractivity contribution in [1.82, 2.24) is 4.90 Å². The summed E-state index contributed by atoms with van der Waals surface area (Å²) in [6, 6.07) is 0. The monoisotopic (exact) mass is 670 g/mol. The lowest BCUT2D eigenvalue weighted by molar-refractivity contribution is -0.250. The topological polar surface area (TPSA) is 76.1 Å². The predicted molar refractivity (Wildman–Crippen MR) is 193 cm³/mol. The van der Waals surface area contributed by atoms with E-state index in [2.05, 4.69) is 60.1 Å². The highest BCUT2D eigenvalue weighted by Crippen LogP contribution is 2.78. The summed E-state index contributed by atoms with van der Waals surface area (Å²) >= 11 is 0. The summed E-state index contributed by atoms with van der Waals surface area (Å²) in [7, 11) is 4.07. The summed E-state index contributed by atoms with van der Waals surface area (Å²) in [5.41, 5.74) is 1.96. The zero-order valence-electron chi connectivity index (χ0n) is 32.5. The van der Waals surface area contributed by atoms with E-state index in [0.29, 0.717) is 34.0 Å². The maximum Gasteiger partial charge on any atom is 0.306 e. The van der Waals surface area contributed by atoms with Gasteiger partial charge in [-0.15, -0.1) is 0 Å². The fraction of sp³-hybridized carbons (Fsp3) is 0.905. The van der Waals surface area contributed by atoms with Crippen LogP contribution in [-0.2, 0) is 19.1 Å². The number of allylic oxidation sites excluding steroid dienone is 1. The minimum atomic E-state index is -0.868. The molecule has 1 N–H and O–H groups in total. The summed E-state index contributed by atoms with van der Waals surface area (Å²) in [6.07, 6.45) is 13.8. The first-order chi connectivity index (χ1) is 22.3. The van der Waals surface area contributed by atoms with Gasteiger partial charge < -0.3 is 19.5 Å². The number of carboxylic acids is 1. The number of carboxylic acid groups (broad SMARTS) is 1. The van der Waals surface area contributed by atoms with Gasteiger partial charge in [-0.05, 0) is 148 Å². The number of fused-ring (bicyclic) bond motifs is 7. The second-order valence-corrected chi connectivity index (χ2v) is 19.8. The molecule has 0 amide bonds. The van der Waals surface area contributed by atoms with E-state index in [1.807, 2.05) is 13.8 Å². The summed E-state index contributed by atoms with van der Waals surface area (Å²) in [6.45, 7) is 26.4. The van der Waals surface area contributed by atoms with Crippen LogP contribution in [0.5, 0.6) is 0 Å². The molecule has 5 aliphatic rings. The molecule has 5 rings (SSSR count). The number of carbonyl (C=O) groups excluding carboxylic acids is 1. The largest absolute Gasteiger partial charge is 0.481 e. The van der Waals surface area contributed by atoms with Gasteiger partial charge in [0.05, 0.1) is 19.4 Å². The van der Waals surface area contributed by atoms with Crippen LogP contribution in [-0.4, -0.2) is 61.9 Å². The Bertz CT molecular complexity index is 1230. The van der Waals surface area contributed by atoms with Gasteiger partial charge in [-0.25, -0.2) is 0 Å². The van der Waals surface area contributed by atoms with Crippen molar-refractivity contribution in [2.45, 2.75) is 145 Å². The van der Waals surface area contributed by atoms with Crippen molar-refractivity contribution in [3.63, 3.8) is 0 Å². The molecule has 0 aliphatic heterocycles. The molecule has 5 fully saturated rings. The average molecular weight is 670 g/mol. The van der Waals surface area contributed by atoms with Crippen molar-refractivity contribution in [1.29, 1.82) is 0 Å². The van der Waals surface area contributed by atoms with Gasteiger partial charge in [0.25, 0.3) is 0 Å². The molecule has 5 aliphatic carbocycles. The molecule has 6 heteroatoms. The van der Waals surface area contributed by atoms with E-state index in [0.717, 1.165) is 44.4 Å². The number of likely N-dealkylation sites (N-methyl/N-ethyl adjacent to an activating group) is 1. The van der Waals surface area contributed by atoms with Crippen molar-refractivity contribution in [2.24, 2.45) is 62.1 Å². The Morgan fingerprint density at radius 2 is 1.58 bits per heavy atom. The number of esters is 1. The molecule has 0 aromatic carbocycles. The van der Waals surface area contributed by atoms with Gasteiger partial charge in [0.2, 0.25) is 0 Å². The first kappa shape index (κ1) is 37.8. The Hall–Kier alpha value is -1.40. The third-order valence-corrected chi connectivity index (χ3v) is 16.4. The molecule has 2 unspecified atom stereocenters. The molecule has 10 atom stereocenters. The van der Waals surface area contributed by atoms with E-state index in [1.54, 1.807) is 7.11 Å². The first-order valence-corrected chi connectivity index (χ1v) is 19.5. The number of hydrogen-bond donors (Lipinski definition) is 1. The molecule has 48 heavy (non-hydrogen) atoms.